The third kappa shape index (κ3) is 3.52. The Bertz CT molecular complexity index is 836. The van der Waals surface area contributed by atoms with Crippen LogP contribution in [0.25, 0.3) is 0 Å². The van der Waals surface area contributed by atoms with Crippen molar-refractivity contribution >= 4 is 57.7 Å². The van der Waals surface area contributed by atoms with E-state index in [1.165, 1.54) is 0 Å². The number of rotatable bonds is 2. The van der Waals surface area contributed by atoms with Crippen LogP contribution in [0.15, 0.2) is 47.6 Å². The monoisotopic (exact) mass is 363 g/mol. The molecule has 1 aliphatic carbocycles. The minimum absolute atomic E-state index is 0.0563. The Hall–Kier alpha value is -1.95. The fourth-order valence-electron chi connectivity index (χ4n) is 2.28. The van der Waals surface area contributed by atoms with E-state index in [1.54, 1.807) is 24.3 Å². The van der Waals surface area contributed by atoms with Gasteiger partial charge in [0.25, 0.3) is 0 Å². The van der Waals surface area contributed by atoms with Crippen molar-refractivity contribution in [2.45, 2.75) is 6.42 Å². The molecule has 1 aliphatic rings. The lowest BCUT2D eigenvalue weighted by Crippen LogP contribution is -2.25. The van der Waals surface area contributed by atoms with Gasteiger partial charge in [0, 0.05) is 16.1 Å². The molecule has 0 fully saturated rings. The number of anilines is 1. The van der Waals surface area contributed by atoms with Crippen molar-refractivity contribution in [3.8, 4) is 0 Å². The molecule has 0 heterocycles. The van der Waals surface area contributed by atoms with Crippen LogP contribution in [0.5, 0.6) is 0 Å². The van der Waals surface area contributed by atoms with Gasteiger partial charge in [-0.1, -0.05) is 47.5 Å². The first-order valence-electron chi connectivity index (χ1n) is 6.76. The number of Topliss-reactive ketones (excluding diaryl/α,β-unsaturated/α-hetero) is 1. The zero-order valence-electron chi connectivity index (χ0n) is 11.8. The molecule has 116 valence electrons. The number of carbonyl (C=O) groups is 1. The van der Waals surface area contributed by atoms with E-state index in [4.69, 9.17) is 35.4 Å². The molecule has 3 rings (SSSR count). The Kier molecular flexibility index (Phi) is 4.61. The fourth-order valence-corrected chi connectivity index (χ4v) is 2.89. The highest BCUT2D eigenvalue weighted by Gasteiger charge is 2.24. The quantitative estimate of drug-likeness (QED) is 0.617. The van der Waals surface area contributed by atoms with Gasteiger partial charge in [0.2, 0.25) is 0 Å². The number of hydrogen-bond acceptors (Lipinski definition) is 3. The number of nitrogens with one attached hydrogen (secondary N) is 2. The van der Waals surface area contributed by atoms with Gasteiger partial charge < -0.3 is 5.32 Å². The first-order valence-corrected chi connectivity index (χ1v) is 7.92. The summed E-state index contributed by atoms with van der Waals surface area (Å²) in [6, 6.07) is 12.4. The zero-order valence-corrected chi connectivity index (χ0v) is 14.1. The van der Waals surface area contributed by atoms with E-state index < -0.39 is 0 Å². The van der Waals surface area contributed by atoms with Gasteiger partial charge in [0.15, 0.2) is 10.9 Å². The Balaban J connectivity index is 1.71. The van der Waals surface area contributed by atoms with Crippen LogP contribution in [0.3, 0.4) is 0 Å². The first kappa shape index (κ1) is 15.9. The van der Waals surface area contributed by atoms with Crippen LogP contribution in [-0.2, 0) is 0 Å². The topological polar surface area (TPSA) is 53.5 Å². The Morgan fingerprint density at radius 1 is 1.13 bits per heavy atom. The summed E-state index contributed by atoms with van der Waals surface area (Å²) in [7, 11) is 0. The van der Waals surface area contributed by atoms with Crippen LogP contribution in [0.4, 0.5) is 5.69 Å². The predicted molar refractivity (Wildman–Crippen MR) is 97.7 cm³/mol. The predicted octanol–water partition coefficient (Wildman–Crippen LogP) is 4.27. The minimum atomic E-state index is 0.0563. The van der Waals surface area contributed by atoms with E-state index in [0.717, 1.165) is 5.56 Å². The number of hydrogen-bond donors (Lipinski definition) is 2. The molecular formula is C16H11Cl2N3OS. The molecule has 23 heavy (non-hydrogen) atoms. The summed E-state index contributed by atoms with van der Waals surface area (Å²) in [5.74, 6) is 0.0563. The lowest BCUT2D eigenvalue weighted by molar-refractivity contribution is 0.101. The number of nitrogens with zero attached hydrogens (tertiary/aromatic N) is 1. The standard InChI is InChI=1S/C16H11Cl2N3OS/c17-9-5-6-13(12(18)7-9)19-16(23)21-20-14-8-15(22)11-4-2-1-3-10(11)14/h1-7H,8H2,(H2,19,21,23)/b20-14-. The fraction of sp³-hybridized carbons (Fsp3) is 0.0625. The van der Waals surface area contributed by atoms with Crippen LogP contribution in [0, 0.1) is 0 Å². The molecule has 2 N–H and O–H groups in total. The van der Waals surface area contributed by atoms with Gasteiger partial charge in [0.1, 0.15) is 0 Å². The smallest absolute Gasteiger partial charge is 0.191 e. The summed E-state index contributed by atoms with van der Waals surface area (Å²) in [5.41, 5.74) is 5.55. The maximum Gasteiger partial charge on any atom is 0.191 e. The van der Waals surface area contributed by atoms with Crippen molar-refractivity contribution in [3.63, 3.8) is 0 Å². The van der Waals surface area contributed by atoms with Crippen molar-refractivity contribution < 1.29 is 4.79 Å². The zero-order chi connectivity index (χ0) is 16.4. The van der Waals surface area contributed by atoms with Crippen LogP contribution in [-0.4, -0.2) is 16.6 Å². The molecule has 0 radical (unpaired) electrons. The molecule has 0 saturated carbocycles. The van der Waals surface area contributed by atoms with E-state index in [9.17, 15) is 4.79 Å². The number of hydrazone groups is 1. The molecule has 2 aromatic rings. The molecule has 0 aliphatic heterocycles. The van der Waals surface area contributed by atoms with Crippen molar-refractivity contribution in [2.24, 2.45) is 5.10 Å². The van der Waals surface area contributed by atoms with Crippen molar-refractivity contribution in [2.75, 3.05) is 5.32 Å². The van der Waals surface area contributed by atoms with E-state index >= 15 is 0 Å². The number of carbonyl (C=O) groups excluding carboxylic acids is 1. The average molecular weight is 364 g/mol. The van der Waals surface area contributed by atoms with Crippen LogP contribution in [0.1, 0.15) is 22.3 Å². The summed E-state index contributed by atoms with van der Waals surface area (Å²) < 4.78 is 0. The Labute approximate surface area is 148 Å². The lowest BCUT2D eigenvalue weighted by Gasteiger charge is -2.09. The largest absolute Gasteiger partial charge is 0.330 e. The summed E-state index contributed by atoms with van der Waals surface area (Å²) in [6.45, 7) is 0. The number of ketones is 1. The molecule has 0 saturated heterocycles. The number of halogens is 2. The van der Waals surface area contributed by atoms with E-state index in [2.05, 4.69) is 15.8 Å². The second-order valence-corrected chi connectivity index (χ2v) is 6.15. The highest BCUT2D eigenvalue weighted by Crippen LogP contribution is 2.25. The lowest BCUT2D eigenvalue weighted by atomic mass is 10.1. The molecule has 0 bridgehead atoms. The molecule has 0 atom stereocenters. The molecule has 0 aromatic heterocycles. The van der Waals surface area contributed by atoms with Crippen molar-refractivity contribution in [1.29, 1.82) is 0 Å². The normalized spacial score (nSPS) is 14.7. The van der Waals surface area contributed by atoms with Gasteiger partial charge in [0.05, 0.1) is 22.8 Å². The second-order valence-electron chi connectivity index (χ2n) is 4.89. The summed E-state index contributed by atoms with van der Waals surface area (Å²) in [4.78, 5) is 11.9. The van der Waals surface area contributed by atoms with E-state index in [-0.39, 0.29) is 17.3 Å². The average Bonchev–Trinajstić information content (AvgIpc) is 2.85. The SMILES string of the molecule is O=C1C/C(=N/NC(=S)Nc2ccc(Cl)cc2Cl)c2ccccc21. The van der Waals surface area contributed by atoms with Crippen molar-refractivity contribution in [1.82, 2.24) is 5.43 Å². The third-order valence-electron chi connectivity index (χ3n) is 3.34. The first-order chi connectivity index (χ1) is 11.0. The molecule has 2 aromatic carbocycles. The van der Waals surface area contributed by atoms with Gasteiger partial charge >= 0.3 is 0 Å². The minimum Gasteiger partial charge on any atom is -0.330 e. The summed E-state index contributed by atoms with van der Waals surface area (Å²) in [5, 5.41) is 8.44. The maximum atomic E-state index is 11.9. The number of thiocarbonyl (C=S) groups is 1. The van der Waals surface area contributed by atoms with Crippen LogP contribution in [0.2, 0.25) is 10.0 Å². The molecule has 4 nitrogen and oxygen atoms in total. The number of fused-ring (bicyclic) bond motifs is 1. The maximum absolute atomic E-state index is 11.9. The summed E-state index contributed by atoms with van der Waals surface area (Å²) >= 11 is 17.1. The van der Waals surface area contributed by atoms with Crippen LogP contribution >= 0.6 is 35.4 Å². The van der Waals surface area contributed by atoms with Crippen LogP contribution < -0.4 is 10.7 Å². The molecular weight excluding hydrogens is 353 g/mol. The van der Waals surface area contributed by atoms with Gasteiger partial charge in [-0.25, -0.2) is 0 Å². The highest BCUT2D eigenvalue weighted by atomic mass is 35.5. The molecule has 0 spiro atoms. The van der Waals surface area contributed by atoms with Gasteiger partial charge in [-0.3, -0.25) is 10.2 Å². The molecule has 0 unspecified atom stereocenters. The molecule has 7 heteroatoms. The summed E-state index contributed by atoms with van der Waals surface area (Å²) in [6.07, 6.45) is 0.261. The highest BCUT2D eigenvalue weighted by molar-refractivity contribution is 7.80. The molecule has 0 amide bonds. The second kappa shape index (κ2) is 6.66. The Morgan fingerprint density at radius 3 is 2.61 bits per heavy atom. The Morgan fingerprint density at radius 2 is 1.87 bits per heavy atom. The van der Waals surface area contributed by atoms with Crippen molar-refractivity contribution in [3.05, 3.63) is 63.6 Å². The number of benzene rings is 2. The van der Waals surface area contributed by atoms with Gasteiger partial charge in [-0.05, 0) is 30.4 Å². The van der Waals surface area contributed by atoms with Gasteiger partial charge in [-0.2, -0.15) is 5.10 Å². The third-order valence-corrected chi connectivity index (χ3v) is 4.08. The van der Waals surface area contributed by atoms with E-state index in [1.807, 2.05) is 18.2 Å². The van der Waals surface area contributed by atoms with E-state index in [0.29, 0.717) is 27.0 Å². The van der Waals surface area contributed by atoms with Gasteiger partial charge in [-0.15, -0.1) is 0 Å².